The topological polar surface area (TPSA) is 64.7 Å². The highest BCUT2D eigenvalue weighted by atomic mass is 32.2. The first kappa shape index (κ1) is 18.1. The molecule has 0 aliphatic carbocycles. The molecule has 0 amide bonds. The van der Waals surface area contributed by atoms with Crippen LogP contribution < -0.4 is 10.9 Å². The van der Waals surface area contributed by atoms with Crippen molar-refractivity contribution in [2.24, 2.45) is 0 Å². The zero-order chi connectivity index (χ0) is 19.3. The van der Waals surface area contributed by atoms with Crippen molar-refractivity contribution in [3.05, 3.63) is 95.2 Å². The summed E-state index contributed by atoms with van der Waals surface area (Å²) < 4.78 is 3.47. The molecule has 0 aliphatic rings. The summed E-state index contributed by atoms with van der Waals surface area (Å²) in [5.74, 6) is 0. The highest BCUT2D eigenvalue weighted by molar-refractivity contribution is 7.98. The van der Waals surface area contributed by atoms with Gasteiger partial charge < -0.3 is 5.32 Å². The molecule has 0 aliphatic heterocycles. The van der Waals surface area contributed by atoms with Crippen LogP contribution in [0.1, 0.15) is 5.56 Å². The van der Waals surface area contributed by atoms with E-state index in [0.717, 1.165) is 16.9 Å². The Morgan fingerprint density at radius 3 is 2.68 bits per heavy atom. The van der Waals surface area contributed by atoms with Crippen LogP contribution in [0, 0.1) is 0 Å². The van der Waals surface area contributed by atoms with Crippen LogP contribution in [0.2, 0.25) is 0 Å². The van der Waals surface area contributed by atoms with Gasteiger partial charge in [0.15, 0.2) is 5.16 Å². The van der Waals surface area contributed by atoms with Gasteiger partial charge in [-0.3, -0.25) is 9.36 Å². The van der Waals surface area contributed by atoms with Crippen molar-refractivity contribution in [2.75, 3.05) is 11.6 Å². The molecule has 1 N–H and O–H groups in total. The van der Waals surface area contributed by atoms with Gasteiger partial charge in [0.1, 0.15) is 5.69 Å². The second-order valence-corrected chi connectivity index (χ2v) is 6.93. The molecule has 0 bridgehead atoms. The smallest absolute Gasteiger partial charge is 0.278 e. The Morgan fingerprint density at radius 2 is 1.93 bits per heavy atom. The number of nitrogens with zero attached hydrogens (tertiary/aromatic N) is 4. The average Bonchev–Trinajstić information content (AvgIpc) is 3.27. The number of benzene rings is 2. The fraction of sp³-hybridized carbons (Fsp3) is 0.0952. The van der Waals surface area contributed by atoms with Crippen molar-refractivity contribution in [3.8, 4) is 5.69 Å². The monoisotopic (exact) mass is 389 g/mol. The van der Waals surface area contributed by atoms with Gasteiger partial charge >= 0.3 is 0 Å². The summed E-state index contributed by atoms with van der Waals surface area (Å²) in [7, 11) is 0. The molecule has 4 aromatic rings. The van der Waals surface area contributed by atoms with Crippen molar-refractivity contribution in [3.63, 3.8) is 0 Å². The van der Waals surface area contributed by atoms with Crippen LogP contribution in [0.4, 0.5) is 11.4 Å². The quantitative estimate of drug-likeness (QED) is 0.400. The largest absolute Gasteiger partial charge is 0.350 e. The zero-order valence-electron chi connectivity index (χ0n) is 15.3. The van der Waals surface area contributed by atoms with Crippen LogP contribution in [0.5, 0.6) is 0 Å². The lowest BCUT2D eigenvalue weighted by Gasteiger charge is -2.14. The Balaban J connectivity index is 1.66. The Labute approximate surface area is 166 Å². The molecule has 140 valence electrons. The van der Waals surface area contributed by atoms with Gasteiger partial charge in [0.25, 0.3) is 5.56 Å². The van der Waals surface area contributed by atoms with Gasteiger partial charge in [-0.05, 0) is 36.1 Å². The maximum atomic E-state index is 13.1. The van der Waals surface area contributed by atoms with Crippen LogP contribution in [-0.4, -0.2) is 25.6 Å². The van der Waals surface area contributed by atoms with E-state index in [4.69, 9.17) is 0 Å². The van der Waals surface area contributed by atoms with Crippen LogP contribution in [0.25, 0.3) is 5.69 Å². The molecule has 2 aromatic heterocycles. The number of rotatable bonds is 6. The average molecular weight is 389 g/mol. The minimum atomic E-state index is -0.104. The van der Waals surface area contributed by atoms with Crippen molar-refractivity contribution in [2.45, 2.75) is 11.7 Å². The van der Waals surface area contributed by atoms with Crippen molar-refractivity contribution in [1.82, 2.24) is 19.3 Å². The Morgan fingerprint density at radius 1 is 1.07 bits per heavy atom. The zero-order valence-corrected chi connectivity index (χ0v) is 16.1. The minimum Gasteiger partial charge on any atom is -0.350 e. The molecule has 4 rings (SSSR count). The molecule has 0 saturated carbocycles. The maximum Gasteiger partial charge on any atom is 0.278 e. The Hall–Kier alpha value is -3.32. The highest BCUT2D eigenvalue weighted by Gasteiger charge is 2.11. The van der Waals surface area contributed by atoms with Gasteiger partial charge in [0.2, 0.25) is 0 Å². The summed E-state index contributed by atoms with van der Waals surface area (Å²) >= 11 is 1.46. The van der Waals surface area contributed by atoms with Gasteiger partial charge in [-0.15, -0.1) is 0 Å². The van der Waals surface area contributed by atoms with Crippen LogP contribution in [-0.2, 0) is 6.54 Å². The Bertz CT molecular complexity index is 1120. The second kappa shape index (κ2) is 8.14. The van der Waals surface area contributed by atoms with E-state index < -0.39 is 0 Å². The maximum absolute atomic E-state index is 13.1. The predicted octanol–water partition coefficient (Wildman–Crippen LogP) is 3.94. The standard InChI is InChI=1S/C21H19N5OS/c1-28-21-22-14-19(20(27)25(21)15-16-7-3-2-4-8-16)24-17-9-5-10-18(13-17)26-12-6-11-23-26/h2-14,24H,15H2,1H3. The third kappa shape index (κ3) is 3.84. The molecular weight excluding hydrogens is 370 g/mol. The molecule has 0 fully saturated rings. The van der Waals surface area contributed by atoms with E-state index in [1.54, 1.807) is 21.6 Å². The van der Waals surface area contributed by atoms with E-state index >= 15 is 0 Å². The molecule has 6 nitrogen and oxygen atoms in total. The number of hydrogen-bond acceptors (Lipinski definition) is 5. The van der Waals surface area contributed by atoms with E-state index in [1.165, 1.54) is 11.8 Å². The lowest BCUT2D eigenvalue weighted by atomic mass is 10.2. The number of aromatic nitrogens is 4. The third-order valence-corrected chi connectivity index (χ3v) is 4.96. The summed E-state index contributed by atoms with van der Waals surface area (Å²) in [6.45, 7) is 0.478. The van der Waals surface area contributed by atoms with E-state index in [-0.39, 0.29) is 5.56 Å². The van der Waals surface area contributed by atoms with Gasteiger partial charge in [0.05, 0.1) is 18.4 Å². The molecule has 2 aromatic carbocycles. The van der Waals surface area contributed by atoms with Gasteiger partial charge in [-0.2, -0.15) is 5.10 Å². The molecule has 0 atom stereocenters. The SMILES string of the molecule is CSc1ncc(Nc2cccc(-n3cccn3)c2)c(=O)n1Cc1ccccc1. The summed E-state index contributed by atoms with van der Waals surface area (Å²) in [5.41, 5.74) is 3.10. The Kier molecular flexibility index (Phi) is 5.25. The number of hydrogen-bond donors (Lipinski definition) is 1. The number of thioether (sulfide) groups is 1. The van der Waals surface area contributed by atoms with Gasteiger partial charge in [0, 0.05) is 18.1 Å². The first-order chi connectivity index (χ1) is 13.7. The first-order valence-corrected chi connectivity index (χ1v) is 10.0. The molecule has 0 radical (unpaired) electrons. The van der Waals surface area contributed by atoms with Gasteiger partial charge in [-0.1, -0.05) is 48.2 Å². The normalized spacial score (nSPS) is 10.8. The van der Waals surface area contributed by atoms with Crippen molar-refractivity contribution >= 4 is 23.1 Å². The summed E-state index contributed by atoms with van der Waals surface area (Å²) in [5, 5.41) is 8.13. The van der Waals surface area contributed by atoms with Crippen LogP contribution >= 0.6 is 11.8 Å². The van der Waals surface area contributed by atoms with E-state index in [1.807, 2.05) is 73.1 Å². The third-order valence-electron chi connectivity index (χ3n) is 4.27. The predicted molar refractivity (Wildman–Crippen MR) is 113 cm³/mol. The van der Waals surface area contributed by atoms with Crippen molar-refractivity contribution in [1.29, 1.82) is 0 Å². The van der Waals surface area contributed by atoms with Crippen molar-refractivity contribution < 1.29 is 0 Å². The summed E-state index contributed by atoms with van der Waals surface area (Å²) in [6.07, 6.45) is 7.12. The van der Waals surface area contributed by atoms with Gasteiger partial charge in [-0.25, -0.2) is 9.67 Å². The summed E-state index contributed by atoms with van der Waals surface area (Å²) in [4.78, 5) is 17.6. The molecule has 2 heterocycles. The molecule has 28 heavy (non-hydrogen) atoms. The fourth-order valence-corrected chi connectivity index (χ4v) is 3.46. The minimum absolute atomic E-state index is 0.104. The molecule has 0 saturated heterocycles. The fourth-order valence-electron chi connectivity index (χ4n) is 2.93. The lowest BCUT2D eigenvalue weighted by Crippen LogP contribution is -2.25. The van der Waals surface area contributed by atoms with E-state index in [0.29, 0.717) is 17.4 Å². The molecular formula is C21H19N5OS. The van der Waals surface area contributed by atoms with Crippen LogP contribution in [0.3, 0.4) is 0 Å². The van der Waals surface area contributed by atoms with Crippen LogP contribution in [0.15, 0.2) is 89.2 Å². The number of nitrogens with one attached hydrogen (secondary N) is 1. The molecule has 0 unspecified atom stereocenters. The molecule has 7 heteroatoms. The summed E-state index contributed by atoms with van der Waals surface area (Å²) in [6, 6.07) is 19.5. The van der Waals surface area contributed by atoms with E-state index in [9.17, 15) is 4.79 Å². The number of anilines is 2. The second-order valence-electron chi connectivity index (χ2n) is 6.16. The molecule has 0 spiro atoms. The first-order valence-electron chi connectivity index (χ1n) is 8.79. The van der Waals surface area contributed by atoms with E-state index in [2.05, 4.69) is 15.4 Å². The highest BCUT2D eigenvalue weighted by Crippen LogP contribution is 2.19. The lowest BCUT2D eigenvalue weighted by molar-refractivity contribution is 0.648.